The van der Waals surface area contributed by atoms with Crippen LogP contribution >= 0.6 is 0 Å². The lowest BCUT2D eigenvalue weighted by atomic mass is 9.89. The van der Waals surface area contributed by atoms with E-state index in [4.69, 9.17) is 9.84 Å². The Morgan fingerprint density at radius 2 is 2.15 bits per heavy atom. The van der Waals surface area contributed by atoms with E-state index in [-0.39, 0.29) is 18.8 Å². The predicted molar refractivity (Wildman–Crippen MR) is 53.5 cm³/mol. The number of hydrogen-bond donors (Lipinski definition) is 1. The average molecular weight is 184 g/mol. The van der Waals surface area contributed by atoms with Gasteiger partial charge in [-0.1, -0.05) is 39.3 Å². The molecule has 1 N–H and O–H groups in total. The van der Waals surface area contributed by atoms with E-state index in [1.807, 2.05) is 6.08 Å². The van der Waals surface area contributed by atoms with Crippen molar-refractivity contribution in [2.24, 2.45) is 11.8 Å². The van der Waals surface area contributed by atoms with Gasteiger partial charge in [-0.2, -0.15) is 0 Å². The molecule has 0 saturated heterocycles. The van der Waals surface area contributed by atoms with Crippen LogP contribution in [0.4, 0.5) is 0 Å². The molecule has 1 aliphatic heterocycles. The van der Waals surface area contributed by atoms with Crippen LogP contribution in [-0.2, 0) is 4.74 Å². The van der Waals surface area contributed by atoms with Gasteiger partial charge < -0.3 is 9.84 Å². The summed E-state index contributed by atoms with van der Waals surface area (Å²) in [6.45, 7) is 6.64. The van der Waals surface area contributed by atoms with Crippen molar-refractivity contribution in [1.82, 2.24) is 0 Å². The molecular weight excluding hydrogens is 164 g/mol. The van der Waals surface area contributed by atoms with E-state index in [1.54, 1.807) is 0 Å². The molecule has 0 amide bonds. The summed E-state index contributed by atoms with van der Waals surface area (Å²) in [7, 11) is 0. The molecule has 1 heterocycles. The normalized spacial score (nSPS) is 36.2. The Morgan fingerprint density at radius 3 is 2.69 bits per heavy atom. The van der Waals surface area contributed by atoms with Crippen molar-refractivity contribution < 1.29 is 9.84 Å². The first-order valence-corrected chi connectivity index (χ1v) is 5.13. The summed E-state index contributed by atoms with van der Waals surface area (Å²) >= 11 is 0. The van der Waals surface area contributed by atoms with Crippen LogP contribution in [0.25, 0.3) is 0 Å². The van der Waals surface area contributed by atoms with Gasteiger partial charge in [0.05, 0.1) is 18.8 Å². The van der Waals surface area contributed by atoms with Crippen molar-refractivity contribution in [3.8, 4) is 0 Å². The van der Waals surface area contributed by atoms with E-state index in [9.17, 15) is 0 Å². The lowest BCUT2D eigenvalue weighted by Crippen LogP contribution is -2.36. The van der Waals surface area contributed by atoms with E-state index in [1.165, 1.54) is 0 Å². The quantitative estimate of drug-likeness (QED) is 0.680. The first-order valence-electron chi connectivity index (χ1n) is 5.13. The Bertz CT molecular complexity index is 177. The van der Waals surface area contributed by atoms with Crippen LogP contribution in [0.2, 0.25) is 0 Å². The maximum absolute atomic E-state index is 8.97. The van der Waals surface area contributed by atoms with Gasteiger partial charge in [-0.15, -0.1) is 0 Å². The van der Waals surface area contributed by atoms with E-state index in [0.717, 1.165) is 6.42 Å². The fourth-order valence-electron chi connectivity index (χ4n) is 1.77. The van der Waals surface area contributed by atoms with Crippen molar-refractivity contribution in [3.05, 3.63) is 12.2 Å². The van der Waals surface area contributed by atoms with E-state index >= 15 is 0 Å². The fraction of sp³-hybridized carbons (Fsp3) is 0.818. The number of hydrogen-bond acceptors (Lipinski definition) is 2. The van der Waals surface area contributed by atoms with Gasteiger partial charge >= 0.3 is 0 Å². The molecule has 0 bridgehead atoms. The highest BCUT2D eigenvalue weighted by molar-refractivity contribution is 5.00. The molecule has 0 aliphatic carbocycles. The minimum absolute atomic E-state index is 0.0878. The second kappa shape index (κ2) is 4.77. The van der Waals surface area contributed by atoms with E-state index in [2.05, 4.69) is 26.8 Å². The monoisotopic (exact) mass is 184 g/mol. The molecule has 0 unspecified atom stereocenters. The Kier molecular flexibility index (Phi) is 3.94. The van der Waals surface area contributed by atoms with Crippen molar-refractivity contribution in [2.45, 2.75) is 39.4 Å². The average Bonchev–Trinajstić information content (AvgIpc) is 2.17. The van der Waals surface area contributed by atoms with Crippen LogP contribution in [-0.4, -0.2) is 23.9 Å². The molecule has 13 heavy (non-hydrogen) atoms. The van der Waals surface area contributed by atoms with Gasteiger partial charge in [0.15, 0.2) is 0 Å². The summed E-state index contributed by atoms with van der Waals surface area (Å²) in [4.78, 5) is 0. The highest BCUT2D eigenvalue weighted by Gasteiger charge is 2.27. The van der Waals surface area contributed by atoms with E-state index in [0.29, 0.717) is 11.8 Å². The standard InChI is InChI=1S/C11H20O2/c1-4-8(2)11-9(3)5-6-10(7-12)13-11/h5-6,8-12H,4,7H2,1-3H3/t8-,9-,10-,11+/m1/s1. The molecule has 1 aliphatic rings. The molecule has 0 aromatic rings. The molecule has 0 aromatic heterocycles. The largest absolute Gasteiger partial charge is 0.393 e. The molecule has 2 heteroatoms. The molecule has 0 saturated carbocycles. The molecule has 1 rings (SSSR count). The first-order chi connectivity index (χ1) is 6.19. The Hall–Kier alpha value is -0.340. The SMILES string of the molecule is CC[C@@H](C)[C@@H]1O[C@@H](CO)C=C[C@H]1C. The van der Waals surface area contributed by atoms with Gasteiger partial charge in [-0.05, 0) is 5.92 Å². The first kappa shape index (κ1) is 10.7. The second-order valence-electron chi connectivity index (χ2n) is 3.95. The summed E-state index contributed by atoms with van der Waals surface area (Å²) in [5.41, 5.74) is 0. The maximum Gasteiger partial charge on any atom is 0.0990 e. The molecule has 0 radical (unpaired) electrons. The van der Waals surface area contributed by atoms with Gasteiger partial charge in [0.25, 0.3) is 0 Å². The van der Waals surface area contributed by atoms with Crippen molar-refractivity contribution in [3.63, 3.8) is 0 Å². The number of ether oxygens (including phenoxy) is 1. The van der Waals surface area contributed by atoms with Gasteiger partial charge in [0, 0.05) is 5.92 Å². The molecule has 2 nitrogen and oxygen atoms in total. The smallest absolute Gasteiger partial charge is 0.0990 e. The van der Waals surface area contributed by atoms with Crippen LogP contribution in [0.15, 0.2) is 12.2 Å². The lowest BCUT2D eigenvalue weighted by Gasteiger charge is -2.33. The third-order valence-electron chi connectivity index (χ3n) is 2.86. The maximum atomic E-state index is 8.97. The minimum atomic E-state index is -0.0878. The zero-order valence-electron chi connectivity index (χ0n) is 8.73. The zero-order valence-corrected chi connectivity index (χ0v) is 8.73. The summed E-state index contributed by atoms with van der Waals surface area (Å²) in [6.07, 6.45) is 5.42. The molecule has 76 valence electrons. The van der Waals surface area contributed by atoms with Gasteiger partial charge in [-0.3, -0.25) is 0 Å². The number of aliphatic hydroxyl groups excluding tert-OH is 1. The van der Waals surface area contributed by atoms with Crippen LogP contribution in [0.5, 0.6) is 0 Å². The third kappa shape index (κ3) is 2.55. The molecule has 0 fully saturated rings. The molecule has 4 atom stereocenters. The van der Waals surface area contributed by atoms with Crippen LogP contribution in [0.1, 0.15) is 27.2 Å². The van der Waals surface area contributed by atoms with Gasteiger partial charge in [-0.25, -0.2) is 0 Å². The van der Waals surface area contributed by atoms with Gasteiger partial charge in [0.2, 0.25) is 0 Å². The number of aliphatic hydroxyl groups is 1. The molecular formula is C11H20O2. The topological polar surface area (TPSA) is 29.5 Å². The van der Waals surface area contributed by atoms with Crippen molar-refractivity contribution >= 4 is 0 Å². The Balaban J connectivity index is 2.59. The minimum Gasteiger partial charge on any atom is -0.393 e. The predicted octanol–water partition coefficient (Wildman–Crippen LogP) is 1.98. The zero-order chi connectivity index (χ0) is 9.84. The second-order valence-corrected chi connectivity index (χ2v) is 3.95. The summed E-state index contributed by atoms with van der Waals surface area (Å²) in [6, 6.07) is 0. The van der Waals surface area contributed by atoms with Crippen molar-refractivity contribution in [2.75, 3.05) is 6.61 Å². The van der Waals surface area contributed by atoms with Crippen LogP contribution < -0.4 is 0 Å². The number of rotatable bonds is 3. The van der Waals surface area contributed by atoms with Crippen LogP contribution in [0.3, 0.4) is 0 Å². The highest BCUT2D eigenvalue weighted by atomic mass is 16.5. The summed E-state index contributed by atoms with van der Waals surface area (Å²) in [5, 5.41) is 8.97. The molecule has 0 aromatic carbocycles. The highest BCUT2D eigenvalue weighted by Crippen LogP contribution is 2.26. The molecule has 0 spiro atoms. The summed E-state index contributed by atoms with van der Waals surface area (Å²) < 4.78 is 5.76. The van der Waals surface area contributed by atoms with Crippen LogP contribution in [0, 0.1) is 11.8 Å². The fourth-order valence-corrected chi connectivity index (χ4v) is 1.77. The third-order valence-corrected chi connectivity index (χ3v) is 2.86. The Morgan fingerprint density at radius 1 is 1.46 bits per heavy atom. The van der Waals surface area contributed by atoms with E-state index < -0.39 is 0 Å². The van der Waals surface area contributed by atoms with Gasteiger partial charge in [0.1, 0.15) is 0 Å². The lowest BCUT2D eigenvalue weighted by molar-refractivity contribution is -0.0655. The van der Waals surface area contributed by atoms with Crippen molar-refractivity contribution in [1.29, 1.82) is 0 Å². The Labute approximate surface area is 80.6 Å². The summed E-state index contributed by atoms with van der Waals surface area (Å²) in [5.74, 6) is 1.03.